The number of benzene rings is 2. The summed E-state index contributed by atoms with van der Waals surface area (Å²) in [5.74, 6) is 0.597. The number of nitrogens with one attached hydrogen (secondary N) is 1. The van der Waals surface area contributed by atoms with Gasteiger partial charge in [0.1, 0.15) is 5.75 Å². The Morgan fingerprint density at radius 3 is 2.55 bits per heavy atom. The fourth-order valence-electron chi connectivity index (χ4n) is 4.97. The Kier molecular flexibility index (Phi) is 5.62. The molecule has 2 heterocycles. The van der Waals surface area contributed by atoms with Crippen LogP contribution in [0.4, 0.5) is 0 Å². The van der Waals surface area contributed by atoms with Crippen molar-refractivity contribution in [2.45, 2.75) is 45.1 Å². The third kappa shape index (κ3) is 3.89. The first kappa shape index (κ1) is 21.6. The summed E-state index contributed by atoms with van der Waals surface area (Å²) in [7, 11) is 1.63. The van der Waals surface area contributed by atoms with Gasteiger partial charge in [-0.2, -0.15) is 0 Å². The average molecular weight is 464 g/mol. The van der Waals surface area contributed by atoms with Gasteiger partial charge >= 0.3 is 0 Å². The average Bonchev–Trinajstić information content (AvgIpc) is 3.53. The number of hydrogen-bond donors (Lipinski definition) is 1. The maximum Gasteiger partial charge on any atom is 0.266 e. The van der Waals surface area contributed by atoms with E-state index in [0.717, 1.165) is 59.3 Å². The highest BCUT2D eigenvalue weighted by Crippen LogP contribution is 2.32. The number of hydrogen-bond acceptors (Lipinski definition) is 3. The second kappa shape index (κ2) is 8.60. The van der Waals surface area contributed by atoms with E-state index in [1.165, 1.54) is 0 Å². The maximum absolute atomic E-state index is 13.5. The van der Waals surface area contributed by atoms with E-state index < -0.39 is 0 Å². The van der Waals surface area contributed by atoms with Crippen LogP contribution in [-0.4, -0.2) is 27.4 Å². The SMILES string of the molecule is COc1ccc2c(c1)c(Cc1cc(=O)n(C3CCCC3)[nH]1)c(C)n2C(=O)c1ccc(Cl)cc1. The standard InChI is InChI=1S/C26H26ClN3O3/c1-16-22(13-19-14-25(31)30(28-19)20-5-3-4-6-20)23-15-21(33-2)11-12-24(23)29(16)26(32)17-7-9-18(27)10-8-17/h7-12,14-15,20,28H,3-6,13H2,1-2H3. The zero-order valence-electron chi connectivity index (χ0n) is 18.7. The van der Waals surface area contributed by atoms with Gasteiger partial charge in [0.2, 0.25) is 0 Å². The third-order valence-electron chi connectivity index (χ3n) is 6.69. The molecule has 5 rings (SSSR count). The second-order valence-corrected chi connectivity index (χ2v) is 9.14. The fraction of sp³-hybridized carbons (Fsp3) is 0.308. The van der Waals surface area contributed by atoms with Crippen LogP contribution in [0, 0.1) is 6.92 Å². The maximum atomic E-state index is 13.5. The van der Waals surface area contributed by atoms with Gasteiger partial charge in [0.05, 0.1) is 18.7 Å². The summed E-state index contributed by atoms with van der Waals surface area (Å²) in [5.41, 5.74) is 4.05. The summed E-state index contributed by atoms with van der Waals surface area (Å²) in [6, 6.07) is 14.6. The minimum absolute atomic E-state index is 0.00751. The van der Waals surface area contributed by atoms with Crippen molar-refractivity contribution in [1.29, 1.82) is 0 Å². The van der Waals surface area contributed by atoms with Crippen LogP contribution in [0.1, 0.15) is 59.0 Å². The molecule has 7 heteroatoms. The third-order valence-corrected chi connectivity index (χ3v) is 6.94. The second-order valence-electron chi connectivity index (χ2n) is 8.70. The number of carbonyl (C=O) groups excluding carboxylic acids is 1. The van der Waals surface area contributed by atoms with Gasteiger partial charge in [-0.15, -0.1) is 0 Å². The Labute approximate surface area is 196 Å². The Bertz CT molecular complexity index is 1390. The monoisotopic (exact) mass is 463 g/mol. The Morgan fingerprint density at radius 2 is 1.85 bits per heavy atom. The summed E-state index contributed by atoms with van der Waals surface area (Å²) in [4.78, 5) is 26.1. The topological polar surface area (TPSA) is 69.0 Å². The zero-order valence-corrected chi connectivity index (χ0v) is 19.5. The van der Waals surface area contributed by atoms with Crippen LogP contribution >= 0.6 is 11.6 Å². The van der Waals surface area contributed by atoms with Crippen LogP contribution in [0.5, 0.6) is 5.75 Å². The van der Waals surface area contributed by atoms with E-state index in [1.807, 2.05) is 25.1 Å². The van der Waals surface area contributed by atoms with Crippen molar-refractivity contribution in [3.8, 4) is 5.75 Å². The molecule has 0 spiro atoms. The van der Waals surface area contributed by atoms with Gasteiger partial charge in [-0.05, 0) is 67.8 Å². The molecule has 1 aliphatic rings. The molecule has 2 aromatic heterocycles. The molecular weight excluding hydrogens is 438 g/mol. The van der Waals surface area contributed by atoms with Crippen LogP contribution in [0.15, 0.2) is 53.3 Å². The molecule has 6 nitrogen and oxygen atoms in total. The van der Waals surface area contributed by atoms with Crippen molar-refractivity contribution < 1.29 is 9.53 Å². The number of H-pyrrole nitrogens is 1. The van der Waals surface area contributed by atoms with E-state index in [9.17, 15) is 9.59 Å². The molecule has 2 aromatic carbocycles. The molecule has 0 aliphatic heterocycles. The van der Waals surface area contributed by atoms with E-state index in [4.69, 9.17) is 16.3 Å². The Morgan fingerprint density at radius 1 is 1.12 bits per heavy atom. The molecule has 0 bridgehead atoms. The smallest absolute Gasteiger partial charge is 0.266 e. The Hall–Kier alpha value is -3.25. The zero-order chi connectivity index (χ0) is 23.1. The van der Waals surface area contributed by atoms with Gasteiger partial charge in [0.25, 0.3) is 11.5 Å². The number of ether oxygens (including phenoxy) is 1. The number of fused-ring (bicyclic) bond motifs is 1. The summed E-state index contributed by atoms with van der Waals surface area (Å²) in [6.45, 7) is 1.95. The normalized spacial score (nSPS) is 14.3. The number of rotatable bonds is 5. The predicted octanol–water partition coefficient (Wildman–Crippen LogP) is 5.50. The van der Waals surface area contributed by atoms with E-state index in [2.05, 4.69) is 5.10 Å². The molecular formula is C26H26ClN3O3. The number of carbonyl (C=O) groups is 1. The number of aromatic amines is 1. The molecule has 170 valence electrons. The molecule has 0 unspecified atom stereocenters. The lowest BCUT2D eigenvalue weighted by molar-refractivity contribution is 0.0963. The molecule has 0 amide bonds. The van der Waals surface area contributed by atoms with E-state index in [0.29, 0.717) is 17.0 Å². The van der Waals surface area contributed by atoms with Crippen LogP contribution in [0.2, 0.25) is 5.02 Å². The van der Waals surface area contributed by atoms with Crippen LogP contribution in [0.25, 0.3) is 10.9 Å². The van der Waals surface area contributed by atoms with Crippen molar-refractivity contribution in [3.05, 3.63) is 86.4 Å². The minimum Gasteiger partial charge on any atom is -0.497 e. The summed E-state index contributed by atoms with van der Waals surface area (Å²) < 4.78 is 8.96. The lowest BCUT2D eigenvalue weighted by Crippen LogP contribution is -2.19. The number of methoxy groups -OCH3 is 1. The quantitative estimate of drug-likeness (QED) is 0.425. The first-order valence-corrected chi connectivity index (χ1v) is 11.6. The predicted molar refractivity (Wildman–Crippen MR) is 130 cm³/mol. The molecule has 1 fully saturated rings. The Balaban J connectivity index is 1.60. The van der Waals surface area contributed by atoms with Gasteiger partial charge in [-0.1, -0.05) is 24.4 Å². The van der Waals surface area contributed by atoms with Gasteiger partial charge in [0, 0.05) is 39.8 Å². The molecule has 1 aliphatic carbocycles. The largest absolute Gasteiger partial charge is 0.497 e. The molecule has 0 atom stereocenters. The van der Waals surface area contributed by atoms with Crippen LogP contribution < -0.4 is 10.3 Å². The number of nitrogens with zero attached hydrogens (tertiary/aromatic N) is 2. The highest BCUT2D eigenvalue weighted by molar-refractivity contribution is 6.30. The lowest BCUT2D eigenvalue weighted by atomic mass is 10.1. The molecule has 1 saturated carbocycles. The molecule has 33 heavy (non-hydrogen) atoms. The van der Waals surface area contributed by atoms with Gasteiger partial charge in [0.15, 0.2) is 0 Å². The van der Waals surface area contributed by atoms with Crippen molar-refractivity contribution in [3.63, 3.8) is 0 Å². The van der Waals surface area contributed by atoms with Gasteiger partial charge in [-0.25, -0.2) is 4.68 Å². The van der Waals surface area contributed by atoms with Crippen molar-refractivity contribution >= 4 is 28.4 Å². The van der Waals surface area contributed by atoms with Crippen molar-refractivity contribution in [1.82, 2.24) is 14.3 Å². The summed E-state index contributed by atoms with van der Waals surface area (Å²) in [6.07, 6.45) is 4.90. The fourth-order valence-corrected chi connectivity index (χ4v) is 5.10. The highest BCUT2D eigenvalue weighted by atomic mass is 35.5. The lowest BCUT2D eigenvalue weighted by Gasteiger charge is -2.10. The van der Waals surface area contributed by atoms with Gasteiger partial charge < -0.3 is 4.74 Å². The number of halogens is 1. The highest BCUT2D eigenvalue weighted by Gasteiger charge is 2.23. The van der Waals surface area contributed by atoms with E-state index >= 15 is 0 Å². The van der Waals surface area contributed by atoms with Crippen LogP contribution in [0.3, 0.4) is 0 Å². The first-order valence-electron chi connectivity index (χ1n) is 11.2. The first-order chi connectivity index (χ1) is 16.0. The van der Waals surface area contributed by atoms with E-state index in [1.54, 1.807) is 46.7 Å². The molecule has 0 radical (unpaired) electrons. The summed E-state index contributed by atoms with van der Waals surface area (Å²) >= 11 is 6.02. The van der Waals surface area contributed by atoms with E-state index in [-0.39, 0.29) is 17.5 Å². The van der Waals surface area contributed by atoms with Crippen LogP contribution in [-0.2, 0) is 6.42 Å². The van der Waals surface area contributed by atoms with Crippen molar-refractivity contribution in [2.24, 2.45) is 0 Å². The summed E-state index contributed by atoms with van der Waals surface area (Å²) in [5, 5.41) is 4.85. The molecule has 4 aromatic rings. The number of aromatic nitrogens is 3. The molecule has 1 N–H and O–H groups in total. The van der Waals surface area contributed by atoms with Crippen molar-refractivity contribution in [2.75, 3.05) is 7.11 Å². The van der Waals surface area contributed by atoms with Gasteiger partial charge in [-0.3, -0.25) is 19.3 Å². The molecule has 0 saturated heterocycles. The minimum atomic E-state index is -0.123.